The summed E-state index contributed by atoms with van der Waals surface area (Å²) in [6.07, 6.45) is 2.30. The summed E-state index contributed by atoms with van der Waals surface area (Å²) in [5.74, 6) is -0.328. The number of rotatable bonds is 6. The monoisotopic (exact) mass is 201 g/mol. The van der Waals surface area contributed by atoms with Crippen molar-refractivity contribution in [2.75, 3.05) is 20.7 Å². The molecule has 0 unspecified atom stereocenters. The first-order chi connectivity index (χ1) is 6.57. The summed E-state index contributed by atoms with van der Waals surface area (Å²) in [5, 5.41) is 0. The maximum atomic E-state index is 11.1. The summed E-state index contributed by atoms with van der Waals surface area (Å²) >= 11 is 0. The molecule has 4 nitrogen and oxygen atoms in total. The van der Waals surface area contributed by atoms with Crippen LogP contribution in [-0.2, 0) is 14.3 Å². The Morgan fingerprint density at radius 1 is 1.21 bits per heavy atom. The number of esters is 1. The van der Waals surface area contributed by atoms with E-state index in [0.717, 1.165) is 12.8 Å². The Kier molecular flexibility index (Phi) is 6.80. The minimum Gasteiger partial charge on any atom is -0.466 e. The van der Waals surface area contributed by atoms with Crippen molar-refractivity contribution < 1.29 is 14.3 Å². The Bertz CT molecular complexity index is 190. The minimum atomic E-state index is -0.284. The largest absolute Gasteiger partial charge is 0.466 e. The third kappa shape index (κ3) is 6.46. The number of amides is 1. The SMILES string of the molecule is CCCCOC(=O)CCC(=O)N(C)C. The Balaban J connectivity index is 3.49. The fourth-order valence-corrected chi connectivity index (χ4v) is 0.835. The lowest BCUT2D eigenvalue weighted by atomic mass is 10.3. The Morgan fingerprint density at radius 3 is 2.36 bits per heavy atom. The van der Waals surface area contributed by atoms with E-state index in [1.807, 2.05) is 6.92 Å². The van der Waals surface area contributed by atoms with Crippen LogP contribution in [0.1, 0.15) is 32.6 Å². The van der Waals surface area contributed by atoms with Crippen molar-refractivity contribution >= 4 is 11.9 Å². The van der Waals surface area contributed by atoms with Gasteiger partial charge in [0.2, 0.25) is 5.91 Å². The molecule has 0 radical (unpaired) electrons. The first-order valence-electron chi connectivity index (χ1n) is 4.93. The average Bonchev–Trinajstić information content (AvgIpc) is 2.14. The second-order valence-corrected chi connectivity index (χ2v) is 3.36. The standard InChI is InChI=1S/C10H19NO3/c1-4-5-8-14-10(13)7-6-9(12)11(2)3/h4-8H2,1-3H3. The molecule has 0 aromatic heterocycles. The fourth-order valence-electron chi connectivity index (χ4n) is 0.835. The second-order valence-electron chi connectivity index (χ2n) is 3.36. The summed E-state index contributed by atoms with van der Waals surface area (Å²) in [5.41, 5.74) is 0. The minimum absolute atomic E-state index is 0.0440. The first kappa shape index (κ1) is 12.9. The molecule has 82 valence electrons. The summed E-state index contributed by atoms with van der Waals surface area (Å²) in [6.45, 7) is 2.49. The average molecular weight is 201 g/mol. The molecule has 4 heteroatoms. The zero-order chi connectivity index (χ0) is 11.0. The van der Waals surface area contributed by atoms with E-state index in [4.69, 9.17) is 4.74 Å². The van der Waals surface area contributed by atoms with Crippen LogP contribution >= 0.6 is 0 Å². The van der Waals surface area contributed by atoms with Crippen LogP contribution in [0.3, 0.4) is 0 Å². The van der Waals surface area contributed by atoms with Crippen LogP contribution < -0.4 is 0 Å². The molecular weight excluding hydrogens is 182 g/mol. The van der Waals surface area contributed by atoms with Gasteiger partial charge in [-0.15, -0.1) is 0 Å². The molecule has 14 heavy (non-hydrogen) atoms. The molecule has 0 spiro atoms. The number of carbonyl (C=O) groups excluding carboxylic acids is 2. The van der Waals surface area contributed by atoms with Crippen molar-refractivity contribution in [3.8, 4) is 0 Å². The number of hydrogen-bond donors (Lipinski definition) is 0. The van der Waals surface area contributed by atoms with E-state index in [1.54, 1.807) is 14.1 Å². The molecule has 0 fully saturated rings. The van der Waals surface area contributed by atoms with E-state index in [2.05, 4.69) is 0 Å². The predicted octanol–water partition coefficient (Wildman–Crippen LogP) is 1.20. The maximum absolute atomic E-state index is 11.1. The van der Waals surface area contributed by atoms with Crippen molar-refractivity contribution in [1.29, 1.82) is 0 Å². The fraction of sp³-hybridized carbons (Fsp3) is 0.800. The summed E-state index contributed by atoms with van der Waals surface area (Å²) < 4.78 is 4.90. The predicted molar refractivity (Wildman–Crippen MR) is 53.8 cm³/mol. The lowest BCUT2D eigenvalue weighted by Gasteiger charge is -2.09. The highest BCUT2D eigenvalue weighted by Crippen LogP contribution is 1.97. The Morgan fingerprint density at radius 2 is 1.86 bits per heavy atom. The van der Waals surface area contributed by atoms with Crippen LogP contribution in [0, 0.1) is 0 Å². The van der Waals surface area contributed by atoms with Gasteiger partial charge in [-0.2, -0.15) is 0 Å². The van der Waals surface area contributed by atoms with Gasteiger partial charge in [0, 0.05) is 20.5 Å². The molecule has 0 saturated heterocycles. The van der Waals surface area contributed by atoms with E-state index in [1.165, 1.54) is 4.90 Å². The van der Waals surface area contributed by atoms with Crippen molar-refractivity contribution in [3.05, 3.63) is 0 Å². The third-order valence-corrected chi connectivity index (χ3v) is 1.80. The van der Waals surface area contributed by atoms with Gasteiger partial charge >= 0.3 is 5.97 Å². The molecule has 0 N–H and O–H groups in total. The van der Waals surface area contributed by atoms with E-state index in [-0.39, 0.29) is 24.7 Å². The zero-order valence-electron chi connectivity index (χ0n) is 9.21. The van der Waals surface area contributed by atoms with Crippen molar-refractivity contribution in [3.63, 3.8) is 0 Å². The zero-order valence-corrected chi connectivity index (χ0v) is 9.21. The quantitative estimate of drug-likeness (QED) is 0.479. The molecule has 0 heterocycles. The topological polar surface area (TPSA) is 46.6 Å². The Hall–Kier alpha value is -1.06. The molecule has 0 aromatic carbocycles. The lowest BCUT2D eigenvalue weighted by molar-refractivity contribution is -0.145. The van der Waals surface area contributed by atoms with Crippen molar-refractivity contribution in [2.24, 2.45) is 0 Å². The van der Waals surface area contributed by atoms with Crippen molar-refractivity contribution in [2.45, 2.75) is 32.6 Å². The Labute approximate surface area is 85.2 Å². The number of nitrogens with zero attached hydrogens (tertiary/aromatic N) is 1. The van der Waals surface area contributed by atoms with Gasteiger partial charge in [0.1, 0.15) is 0 Å². The summed E-state index contributed by atoms with van der Waals surface area (Å²) in [4.78, 5) is 23.6. The van der Waals surface area contributed by atoms with Crippen LogP contribution in [0.5, 0.6) is 0 Å². The van der Waals surface area contributed by atoms with Gasteiger partial charge in [-0.25, -0.2) is 0 Å². The molecule has 0 aliphatic rings. The number of carbonyl (C=O) groups is 2. The van der Waals surface area contributed by atoms with Gasteiger partial charge in [0.25, 0.3) is 0 Å². The smallest absolute Gasteiger partial charge is 0.306 e. The first-order valence-corrected chi connectivity index (χ1v) is 4.93. The van der Waals surface area contributed by atoms with Crippen LogP contribution in [0.4, 0.5) is 0 Å². The van der Waals surface area contributed by atoms with Gasteiger partial charge in [0.15, 0.2) is 0 Å². The lowest BCUT2D eigenvalue weighted by Crippen LogP contribution is -2.22. The summed E-state index contributed by atoms with van der Waals surface area (Å²) in [7, 11) is 3.34. The molecule has 0 aromatic rings. The maximum Gasteiger partial charge on any atom is 0.306 e. The molecule has 0 atom stereocenters. The molecule has 0 bridgehead atoms. The van der Waals surface area contributed by atoms with Crippen LogP contribution in [0.15, 0.2) is 0 Å². The highest BCUT2D eigenvalue weighted by Gasteiger charge is 2.08. The molecule has 0 rings (SSSR count). The number of ether oxygens (including phenoxy) is 1. The van der Waals surface area contributed by atoms with Crippen LogP contribution in [0.2, 0.25) is 0 Å². The van der Waals surface area contributed by atoms with Gasteiger partial charge < -0.3 is 9.64 Å². The molecule has 1 amide bonds. The second kappa shape index (κ2) is 7.35. The van der Waals surface area contributed by atoms with Crippen molar-refractivity contribution in [1.82, 2.24) is 4.90 Å². The summed E-state index contributed by atoms with van der Waals surface area (Å²) in [6, 6.07) is 0. The van der Waals surface area contributed by atoms with E-state index >= 15 is 0 Å². The molecule has 0 saturated carbocycles. The van der Waals surface area contributed by atoms with Gasteiger partial charge in [-0.05, 0) is 6.42 Å². The third-order valence-electron chi connectivity index (χ3n) is 1.80. The number of unbranched alkanes of at least 4 members (excludes halogenated alkanes) is 1. The van der Waals surface area contributed by atoms with Crippen LogP contribution in [0.25, 0.3) is 0 Å². The van der Waals surface area contributed by atoms with Gasteiger partial charge in [-0.1, -0.05) is 13.3 Å². The molecular formula is C10H19NO3. The van der Waals surface area contributed by atoms with Crippen LogP contribution in [-0.4, -0.2) is 37.5 Å². The normalized spacial score (nSPS) is 9.64. The highest BCUT2D eigenvalue weighted by molar-refractivity contribution is 5.80. The molecule has 0 aliphatic heterocycles. The molecule has 0 aliphatic carbocycles. The number of hydrogen-bond acceptors (Lipinski definition) is 3. The van der Waals surface area contributed by atoms with E-state index in [9.17, 15) is 9.59 Å². The van der Waals surface area contributed by atoms with E-state index in [0.29, 0.717) is 6.61 Å². The van der Waals surface area contributed by atoms with E-state index < -0.39 is 0 Å². The highest BCUT2D eigenvalue weighted by atomic mass is 16.5. The van der Waals surface area contributed by atoms with Gasteiger partial charge in [-0.3, -0.25) is 9.59 Å². The van der Waals surface area contributed by atoms with Gasteiger partial charge in [0.05, 0.1) is 13.0 Å².